The van der Waals surface area contributed by atoms with Gasteiger partial charge in [-0.05, 0) is 55.8 Å². The van der Waals surface area contributed by atoms with Crippen LogP contribution in [0.4, 0.5) is 0 Å². The molecule has 24 heavy (non-hydrogen) atoms. The molecule has 136 valence electrons. The Bertz CT molecular complexity index is 478. The standard InChI is InChI=1S/C20H32O4/c1-5-7-15(21)23-19-10-17(3)9-18(4,11-19)13-20(12-17,14-19)24-16(22)8-6-2/h5-14H2,1-4H3. The molecule has 0 spiro atoms. The Morgan fingerprint density at radius 3 is 1.42 bits per heavy atom. The van der Waals surface area contributed by atoms with E-state index in [1.807, 2.05) is 13.8 Å². The molecule has 0 atom stereocenters. The number of esters is 2. The molecule has 4 aliphatic rings. The highest BCUT2D eigenvalue weighted by Gasteiger charge is 2.68. The van der Waals surface area contributed by atoms with Crippen molar-refractivity contribution >= 4 is 11.9 Å². The third-order valence-corrected chi connectivity index (χ3v) is 6.06. The van der Waals surface area contributed by atoms with E-state index in [2.05, 4.69) is 13.8 Å². The molecule has 0 aromatic heterocycles. The van der Waals surface area contributed by atoms with Crippen molar-refractivity contribution in [2.45, 2.75) is 103 Å². The number of hydrogen-bond acceptors (Lipinski definition) is 4. The van der Waals surface area contributed by atoms with Gasteiger partial charge >= 0.3 is 11.9 Å². The van der Waals surface area contributed by atoms with E-state index in [0.717, 1.165) is 44.9 Å². The molecular weight excluding hydrogens is 304 g/mol. The summed E-state index contributed by atoms with van der Waals surface area (Å²) in [5, 5.41) is 0. The van der Waals surface area contributed by atoms with Crippen LogP contribution in [0.25, 0.3) is 0 Å². The van der Waals surface area contributed by atoms with Crippen molar-refractivity contribution in [2.24, 2.45) is 10.8 Å². The zero-order valence-electron chi connectivity index (χ0n) is 15.7. The number of carbonyl (C=O) groups is 2. The molecule has 4 fully saturated rings. The summed E-state index contributed by atoms with van der Waals surface area (Å²) < 4.78 is 12.1. The van der Waals surface area contributed by atoms with Crippen LogP contribution in [0, 0.1) is 10.8 Å². The zero-order valence-corrected chi connectivity index (χ0v) is 15.7. The zero-order chi connectivity index (χ0) is 17.6. The van der Waals surface area contributed by atoms with Crippen molar-refractivity contribution in [1.82, 2.24) is 0 Å². The van der Waals surface area contributed by atoms with E-state index in [-0.39, 0.29) is 22.8 Å². The highest BCUT2D eigenvalue weighted by atomic mass is 16.6. The summed E-state index contributed by atoms with van der Waals surface area (Å²) in [6.45, 7) is 8.57. The summed E-state index contributed by atoms with van der Waals surface area (Å²) >= 11 is 0. The molecule has 4 nitrogen and oxygen atoms in total. The Balaban J connectivity index is 1.87. The summed E-state index contributed by atoms with van der Waals surface area (Å²) in [4.78, 5) is 24.5. The maximum absolute atomic E-state index is 12.2. The van der Waals surface area contributed by atoms with Gasteiger partial charge in [0.15, 0.2) is 0 Å². The quantitative estimate of drug-likeness (QED) is 0.668. The molecule has 0 N–H and O–H groups in total. The van der Waals surface area contributed by atoms with Gasteiger partial charge in [0, 0.05) is 19.3 Å². The van der Waals surface area contributed by atoms with Crippen molar-refractivity contribution in [1.29, 1.82) is 0 Å². The van der Waals surface area contributed by atoms with Crippen molar-refractivity contribution in [3.63, 3.8) is 0 Å². The molecule has 0 aromatic carbocycles. The van der Waals surface area contributed by atoms with E-state index < -0.39 is 11.2 Å². The van der Waals surface area contributed by atoms with Crippen molar-refractivity contribution in [2.75, 3.05) is 0 Å². The Morgan fingerprint density at radius 2 is 1.08 bits per heavy atom. The van der Waals surface area contributed by atoms with Crippen LogP contribution < -0.4 is 0 Å². The monoisotopic (exact) mass is 336 g/mol. The molecule has 0 unspecified atom stereocenters. The van der Waals surface area contributed by atoms with E-state index in [1.165, 1.54) is 0 Å². The van der Waals surface area contributed by atoms with Crippen LogP contribution in [0.1, 0.15) is 91.9 Å². The summed E-state index contributed by atoms with van der Waals surface area (Å²) in [7, 11) is 0. The average molecular weight is 336 g/mol. The Morgan fingerprint density at radius 1 is 0.708 bits per heavy atom. The predicted molar refractivity (Wildman–Crippen MR) is 91.4 cm³/mol. The van der Waals surface area contributed by atoms with Gasteiger partial charge in [0.25, 0.3) is 0 Å². The maximum Gasteiger partial charge on any atom is 0.306 e. The van der Waals surface area contributed by atoms with Crippen LogP contribution in [-0.4, -0.2) is 23.1 Å². The van der Waals surface area contributed by atoms with Gasteiger partial charge in [-0.2, -0.15) is 0 Å². The largest absolute Gasteiger partial charge is 0.459 e. The molecule has 0 amide bonds. The first-order valence-corrected chi connectivity index (χ1v) is 9.59. The molecule has 0 saturated heterocycles. The maximum atomic E-state index is 12.2. The third-order valence-electron chi connectivity index (χ3n) is 6.06. The van der Waals surface area contributed by atoms with E-state index in [0.29, 0.717) is 19.3 Å². The van der Waals surface area contributed by atoms with Crippen LogP contribution in [0.5, 0.6) is 0 Å². The number of hydrogen-bond donors (Lipinski definition) is 0. The van der Waals surface area contributed by atoms with Gasteiger partial charge in [0.2, 0.25) is 0 Å². The second-order valence-electron chi connectivity index (χ2n) is 9.50. The predicted octanol–water partition coefficient (Wildman–Crippen LogP) is 4.54. The highest BCUT2D eigenvalue weighted by Crippen LogP contribution is 2.69. The fraction of sp³-hybridized carbons (Fsp3) is 0.900. The molecule has 0 heterocycles. The first kappa shape index (κ1) is 17.8. The lowest BCUT2D eigenvalue weighted by atomic mass is 9.42. The number of ether oxygens (including phenoxy) is 2. The Hall–Kier alpha value is -1.06. The van der Waals surface area contributed by atoms with Crippen molar-refractivity contribution in [3.05, 3.63) is 0 Å². The second-order valence-corrected chi connectivity index (χ2v) is 9.50. The summed E-state index contributed by atoms with van der Waals surface area (Å²) in [5.74, 6) is -0.191. The molecular formula is C20H32O4. The van der Waals surface area contributed by atoms with Crippen molar-refractivity contribution < 1.29 is 19.1 Å². The first-order valence-electron chi connectivity index (χ1n) is 9.59. The molecule has 4 saturated carbocycles. The van der Waals surface area contributed by atoms with Crippen LogP contribution in [0.15, 0.2) is 0 Å². The smallest absolute Gasteiger partial charge is 0.306 e. The molecule has 0 aromatic rings. The SMILES string of the molecule is CCCC(=O)OC12CC3(C)CC(C)(C1)CC(OC(=O)CCC)(C3)C2. The first-order chi connectivity index (χ1) is 11.2. The molecule has 4 heteroatoms. The van der Waals surface area contributed by atoms with Gasteiger partial charge in [-0.25, -0.2) is 0 Å². The van der Waals surface area contributed by atoms with E-state index in [1.54, 1.807) is 0 Å². The second kappa shape index (κ2) is 5.74. The van der Waals surface area contributed by atoms with E-state index in [4.69, 9.17) is 9.47 Å². The van der Waals surface area contributed by atoms with Crippen molar-refractivity contribution in [3.8, 4) is 0 Å². The number of rotatable bonds is 6. The van der Waals surface area contributed by atoms with Crippen LogP contribution in [-0.2, 0) is 19.1 Å². The lowest BCUT2D eigenvalue weighted by molar-refractivity contribution is -0.267. The fourth-order valence-electron chi connectivity index (χ4n) is 6.69. The summed E-state index contributed by atoms with van der Waals surface area (Å²) in [6.07, 6.45) is 8.04. The van der Waals surface area contributed by atoms with Crippen LogP contribution >= 0.6 is 0 Å². The molecule has 0 radical (unpaired) electrons. The summed E-state index contributed by atoms with van der Waals surface area (Å²) in [5.41, 5.74) is -0.668. The number of carbonyl (C=O) groups excluding carboxylic acids is 2. The van der Waals surface area contributed by atoms with Gasteiger partial charge in [-0.1, -0.05) is 27.7 Å². The third kappa shape index (κ3) is 3.21. The molecule has 4 rings (SSSR count). The van der Waals surface area contributed by atoms with Gasteiger partial charge < -0.3 is 9.47 Å². The van der Waals surface area contributed by atoms with E-state index in [9.17, 15) is 9.59 Å². The van der Waals surface area contributed by atoms with Crippen LogP contribution in [0.3, 0.4) is 0 Å². The normalized spacial score (nSPS) is 42.8. The molecule has 0 aliphatic heterocycles. The minimum atomic E-state index is -0.434. The minimum Gasteiger partial charge on any atom is -0.459 e. The van der Waals surface area contributed by atoms with Gasteiger partial charge in [-0.3, -0.25) is 9.59 Å². The highest BCUT2D eigenvalue weighted by molar-refractivity contribution is 5.71. The van der Waals surface area contributed by atoms with Gasteiger partial charge in [-0.15, -0.1) is 0 Å². The lowest BCUT2D eigenvalue weighted by Gasteiger charge is -2.67. The topological polar surface area (TPSA) is 52.6 Å². The minimum absolute atomic E-state index is 0.0957. The van der Waals surface area contributed by atoms with Crippen LogP contribution in [0.2, 0.25) is 0 Å². The molecule has 4 bridgehead atoms. The van der Waals surface area contributed by atoms with Gasteiger partial charge in [0.05, 0.1) is 0 Å². The van der Waals surface area contributed by atoms with Gasteiger partial charge in [0.1, 0.15) is 11.2 Å². The van der Waals surface area contributed by atoms with E-state index >= 15 is 0 Å². The lowest BCUT2D eigenvalue weighted by Crippen LogP contribution is -2.67. The fourth-order valence-corrected chi connectivity index (χ4v) is 6.69. The Labute approximate surface area is 145 Å². The summed E-state index contributed by atoms with van der Waals surface area (Å²) in [6, 6.07) is 0. The molecule has 4 aliphatic carbocycles. The average Bonchev–Trinajstić information content (AvgIpc) is 2.32. The Kier molecular flexibility index (Phi) is 4.25.